The van der Waals surface area contributed by atoms with Gasteiger partial charge in [0, 0.05) is 0 Å². The van der Waals surface area contributed by atoms with Crippen LogP contribution in [0.1, 0.15) is 17.2 Å². The fourth-order valence-corrected chi connectivity index (χ4v) is 1.39. The maximum absolute atomic E-state index is 9.96. The van der Waals surface area contributed by atoms with Crippen LogP contribution in [0.25, 0.3) is 0 Å². The van der Waals surface area contributed by atoms with Crippen molar-refractivity contribution in [1.29, 1.82) is 0 Å². The molecule has 181 valence electrons. The van der Waals surface area contributed by atoms with Gasteiger partial charge in [0.05, 0.1) is 6.10 Å². The first-order valence-corrected chi connectivity index (χ1v) is 20.7. The second kappa shape index (κ2) is 27.0. The van der Waals surface area contributed by atoms with E-state index in [4.69, 9.17) is 0 Å². The van der Waals surface area contributed by atoms with Crippen LogP contribution in [0.3, 0.4) is 0 Å². The summed E-state index contributed by atoms with van der Waals surface area (Å²) >= 11 is 0. The van der Waals surface area contributed by atoms with Crippen molar-refractivity contribution in [2.24, 2.45) is 0 Å². The minimum Gasteiger partial charge on any atom is -0.386 e. The van der Waals surface area contributed by atoms with Crippen LogP contribution in [0.2, 0.25) is 0 Å². The molecule has 1 N–H and O–H groups in total. The van der Waals surface area contributed by atoms with Crippen molar-refractivity contribution in [2.75, 3.05) is 80.0 Å². The molecule has 0 fully saturated rings. The fourth-order valence-electron chi connectivity index (χ4n) is 1.39. The fraction of sp³-hybridized carbons (Fsp3) is 0.520. The van der Waals surface area contributed by atoms with E-state index in [1.54, 1.807) is 0 Å². The molecule has 0 heterocycles. The van der Waals surface area contributed by atoms with Crippen molar-refractivity contribution >= 4 is 31.7 Å². The smallest absolute Gasteiger partial charge is 0.386 e. The standard InChI is InChI=1S/C13H11O.4C3H9P.Ru/c14-13(11-7-3-1-4-8-11)12-9-5-2-6-10-12;4*1-4(2)3;/h1-9,13-14H;4*1-3H3;/q-1;;;;;+1. The Hall–Kier alpha value is 0.743. The molecule has 1 nitrogen and oxygen atoms in total. The van der Waals surface area contributed by atoms with Gasteiger partial charge in [-0.2, -0.15) is 30.3 Å². The Morgan fingerprint density at radius 2 is 0.903 bits per heavy atom. The van der Waals surface area contributed by atoms with E-state index in [1.165, 1.54) is 0 Å². The van der Waals surface area contributed by atoms with Crippen LogP contribution in [0.5, 0.6) is 0 Å². The van der Waals surface area contributed by atoms with Crippen molar-refractivity contribution in [3.05, 3.63) is 71.8 Å². The summed E-state index contributed by atoms with van der Waals surface area (Å²) < 4.78 is 0. The molecule has 0 aliphatic heterocycles. The van der Waals surface area contributed by atoms with E-state index < -0.39 is 6.10 Å². The summed E-state index contributed by atoms with van der Waals surface area (Å²) in [6.07, 6.45) is -0.572. The molecule has 2 rings (SSSR count). The summed E-state index contributed by atoms with van der Waals surface area (Å²) in [5.41, 5.74) is 1.70. The molecule has 0 bridgehead atoms. The van der Waals surface area contributed by atoms with Crippen LogP contribution >= 0.6 is 31.7 Å². The molecule has 1 atom stereocenters. The summed E-state index contributed by atoms with van der Waals surface area (Å²) in [5.74, 6) is 0. The molecule has 1 unspecified atom stereocenters. The molecular weight excluding hydrogens is 541 g/mol. The SMILES string of the molecule is CP(C)C.CP(C)C.CP(C)C.CP(C)C.OC(c1[c-]cccc1)c1ccccc1.[Ru+]. The van der Waals surface area contributed by atoms with Gasteiger partial charge >= 0.3 is 19.5 Å². The van der Waals surface area contributed by atoms with E-state index in [0.29, 0.717) is 31.7 Å². The van der Waals surface area contributed by atoms with Gasteiger partial charge in [0.2, 0.25) is 0 Å². The van der Waals surface area contributed by atoms with E-state index in [2.05, 4.69) is 86.0 Å². The third kappa shape index (κ3) is 41.5. The number of benzene rings is 2. The Morgan fingerprint density at radius 1 is 0.581 bits per heavy atom. The van der Waals surface area contributed by atoms with E-state index in [1.807, 2.05) is 54.6 Å². The Morgan fingerprint density at radius 3 is 1.19 bits per heavy atom. The molecule has 1 radical (unpaired) electrons. The molecule has 6 heteroatoms. The van der Waals surface area contributed by atoms with Gasteiger partial charge in [-0.25, -0.2) is 0 Å². The predicted molar refractivity (Wildman–Crippen MR) is 155 cm³/mol. The zero-order valence-electron chi connectivity index (χ0n) is 21.9. The van der Waals surface area contributed by atoms with E-state index >= 15 is 0 Å². The number of rotatable bonds is 2. The van der Waals surface area contributed by atoms with Crippen LogP contribution < -0.4 is 0 Å². The van der Waals surface area contributed by atoms with Crippen LogP contribution in [-0.4, -0.2) is 85.1 Å². The Kier molecular flexibility index (Phi) is 33.9. The molecular formula is C25H47OP4Ru. The second-order valence-electron chi connectivity index (χ2n) is 8.50. The van der Waals surface area contributed by atoms with Gasteiger partial charge < -0.3 is 5.11 Å². The summed E-state index contributed by atoms with van der Waals surface area (Å²) in [6, 6.07) is 20.1. The first-order valence-electron chi connectivity index (χ1n) is 9.94. The molecule has 0 aliphatic rings. The first kappa shape index (κ1) is 39.0. The van der Waals surface area contributed by atoms with Gasteiger partial charge in [-0.1, -0.05) is 30.3 Å². The topological polar surface area (TPSA) is 20.2 Å². The Balaban J connectivity index is -0.000000179. The zero-order chi connectivity index (χ0) is 24.1. The normalized spacial score (nSPS) is 10.2. The van der Waals surface area contributed by atoms with Gasteiger partial charge in [0.1, 0.15) is 0 Å². The third-order valence-corrected chi connectivity index (χ3v) is 2.14. The molecule has 0 aliphatic carbocycles. The molecule has 0 aromatic heterocycles. The van der Waals surface area contributed by atoms with Crippen molar-refractivity contribution in [1.82, 2.24) is 0 Å². The summed E-state index contributed by atoms with van der Waals surface area (Å²) in [6.45, 7) is 26.8. The summed E-state index contributed by atoms with van der Waals surface area (Å²) in [5, 5.41) is 9.96. The maximum Gasteiger partial charge on any atom is 1.00 e. The Bertz CT molecular complexity index is 490. The van der Waals surface area contributed by atoms with E-state index in [0.717, 1.165) is 11.1 Å². The predicted octanol–water partition coefficient (Wildman–Crippen LogP) is 8.00. The summed E-state index contributed by atoms with van der Waals surface area (Å²) in [7, 11) is 1.52. The summed E-state index contributed by atoms with van der Waals surface area (Å²) in [4.78, 5) is 0. The monoisotopic (exact) mass is 589 g/mol. The number of hydrogen-bond acceptors (Lipinski definition) is 1. The molecule has 2 aromatic rings. The van der Waals surface area contributed by atoms with E-state index in [9.17, 15) is 5.11 Å². The average Bonchev–Trinajstić information content (AvgIpc) is 2.61. The quantitative estimate of drug-likeness (QED) is 0.214. The minimum atomic E-state index is -0.572. The van der Waals surface area contributed by atoms with Crippen molar-refractivity contribution in [3.63, 3.8) is 0 Å². The van der Waals surface area contributed by atoms with Gasteiger partial charge in [-0.15, -0.1) is 37.2 Å². The molecule has 0 saturated heterocycles. The number of hydrogen-bond donors (Lipinski definition) is 1. The van der Waals surface area contributed by atoms with Crippen LogP contribution in [0.4, 0.5) is 0 Å². The molecule has 31 heavy (non-hydrogen) atoms. The second-order valence-corrected chi connectivity index (χ2v) is 19.2. The van der Waals surface area contributed by atoms with Crippen LogP contribution in [0.15, 0.2) is 54.6 Å². The van der Waals surface area contributed by atoms with E-state index in [-0.39, 0.29) is 19.5 Å². The molecule has 0 amide bonds. The van der Waals surface area contributed by atoms with Crippen molar-refractivity contribution < 1.29 is 24.6 Å². The maximum atomic E-state index is 9.96. The van der Waals surface area contributed by atoms with Crippen molar-refractivity contribution in [3.8, 4) is 0 Å². The number of aliphatic hydroxyl groups is 1. The molecule has 0 spiro atoms. The first-order chi connectivity index (χ1) is 13.8. The minimum absolute atomic E-state index is 0. The van der Waals surface area contributed by atoms with Crippen LogP contribution in [-0.2, 0) is 19.5 Å². The Labute approximate surface area is 213 Å². The van der Waals surface area contributed by atoms with Gasteiger partial charge in [-0.05, 0) is 85.5 Å². The average molecular weight is 589 g/mol. The van der Waals surface area contributed by atoms with Crippen LogP contribution in [0, 0.1) is 6.07 Å². The number of aliphatic hydroxyl groups excluding tert-OH is 1. The molecule has 2 aromatic carbocycles. The van der Waals surface area contributed by atoms with Gasteiger partial charge in [-0.3, -0.25) is 0 Å². The molecule has 0 saturated carbocycles. The van der Waals surface area contributed by atoms with Crippen molar-refractivity contribution in [2.45, 2.75) is 6.10 Å². The van der Waals surface area contributed by atoms with Gasteiger partial charge in [0.15, 0.2) is 0 Å². The van der Waals surface area contributed by atoms with Gasteiger partial charge in [0.25, 0.3) is 0 Å². The zero-order valence-corrected chi connectivity index (χ0v) is 27.2. The third-order valence-electron chi connectivity index (χ3n) is 2.14. The largest absolute Gasteiger partial charge is 1.00 e.